The molecule has 1 N–H and O–H groups in total. The summed E-state index contributed by atoms with van der Waals surface area (Å²) >= 11 is 1.70. The molecule has 2 aliphatic rings. The van der Waals surface area contributed by atoms with Gasteiger partial charge in [0.2, 0.25) is 0 Å². The standard InChI is InChI=1S/C24H28FNO3S/c25-19-9-7-17(8-10-19)23(27)18-11-13-26(14-12-18)24(28)21-5-1-2-6-22(21)30-16-20-4-3-15-29-20/h1-2,5-10,18,20,23,27H,3-4,11-16H2. The Hall–Kier alpha value is -1.89. The third kappa shape index (κ3) is 5.05. The minimum absolute atomic E-state index is 0.0557. The van der Waals surface area contributed by atoms with Crippen LogP contribution >= 0.6 is 11.8 Å². The minimum atomic E-state index is -0.628. The molecule has 0 saturated carbocycles. The van der Waals surface area contributed by atoms with Crippen molar-refractivity contribution in [3.8, 4) is 0 Å². The number of hydrogen-bond donors (Lipinski definition) is 1. The molecule has 0 bridgehead atoms. The second-order valence-electron chi connectivity index (χ2n) is 8.07. The second-order valence-corrected chi connectivity index (χ2v) is 9.13. The van der Waals surface area contributed by atoms with E-state index in [0.29, 0.717) is 13.1 Å². The quantitative estimate of drug-likeness (QED) is 0.678. The summed E-state index contributed by atoms with van der Waals surface area (Å²) in [5, 5.41) is 10.7. The molecule has 4 nitrogen and oxygen atoms in total. The maximum absolute atomic E-state index is 13.2. The number of benzene rings is 2. The van der Waals surface area contributed by atoms with Crippen molar-refractivity contribution in [3.05, 3.63) is 65.5 Å². The van der Waals surface area contributed by atoms with E-state index in [4.69, 9.17) is 4.74 Å². The molecule has 4 rings (SSSR count). The number of thioether (sulfide) groups is 1. The lowest BCUT2D eigenvalue weighted by Gasteiger charge is -2.34. The molecule has 0 radical (unpaired) electrons. The lowest BCUT2D eigenvalue weighted by molar-refractivity contribution is 0.0460. The van der Waals surface area contributed by atoms with Crippen LogP contribution in [-0.2, 0) is 4.74 Å². The predicted molar refractivity (Wildman–Crippen MR) is 116 cm³/mol. The fraction of sp³-hybridized carbons (Fsp3) is 0.458. The fourth-order valence-corrected chi connectivity index (χ4v) is 5.36. The normalized spacial score (nSPS) is 21.0. The Morgan fingerprint density at radius 2 is 1.87 bits per heavy atom. The van der Waals surface area contributed by atoms with E-state index in [1.807, 2.05) is 29.2 Å². The van der Waals surface area contributed by atoms with Crippen molar-refractivity contribution >= 4 is 17.7 Å². The van der Waals surface area contributed by atoms with Gasteiger partial charge in [0, 0.05) is 30.3 Å². The van der Waals surface area contributed by atoms with Crippen LogP contribution in [0.1, 0.15) is 47.7 Å². The Kier molecular flexibility index (Phi) is 7.08. The van der Waals surface area contributed by atoms with Gasteiger partial charge in [0.15, 0.2) is 0 Å². The molecule has 6 heteroatoms. The molecule has 2 atom stereocenters. The van der Waals surface area contributed by atoms with Crippen LogP contribution in [0.5, 0.6) is 0 Å². The Bertz CT molecular complexity index is 846. The van der Waals surface area contributed by atoms with Gasteiger partial charge in [-0.05, 0) is 61.4 Å². The van der Waals surface area contributed by atoms with E-state index in [9.17, 15) is 14.3 Å². The van der Waals surface area contributed by atoms with Crippen molar-refractivity contribution in [1.29, 1.82) is 0 Å². The summed E-state index contributed by atoms with van der Waals surface area (Å²) in [4.78, 5) is 16.1. The van der Waals surface area contributed by atoms with Crippen molar-refractivity contribution in [2.45, 2.75) is 42.8 Å². The molecule has 30 heavy (non-hydrogen) atoms. The van der Waals surface area contributed by atoms with Gasteiger partial charge in [-0.3, -0.25) is 4.79 Å². The van der Waals surface area contributed by atoms with E-state index < -0.39 is 6.10 Å². The van der Waals surface area contributed by atoms with Gasteiger partial charge in [0.1, 0.15) is 5.82 Å². The Morgan fingerprint density at radius 3 is 2.57 bits per heavy atom. The molecule has 160 valence electrons. The smallest absolute Gasteiger partial charge is 0.254 e. The molecule has 2 unspecified atom stereocenters. The number of nitrogens with zero attached hydrogens (tertiary/aromatic N) is 1. The van der Waals surface area contributed by atoms with Crippen LogP contribution in [0.25, 0.3) is 0 Å². The maximum atomic E-state index is 13.2. The zero-order valence-electron chi connectivity index (χ0n) is 17.0. The number of amides is 1. The SMILES string of the molecule is O=C(c1ccccc1SCC1CCCO1)N1CCC(C(O)c2ccc(F)cc2)CC1. The van der Waals surface area contributed by atoms with E-state index in [2.05, 4.69) is 0 Å². The number of likely N-dealkylation sites (tertiary alicyclic amines) is 1. The number of piperidine rings is 1. The number of carbonyl (C=O) groups is 1. The van der Waals surface area contributed by atoms with Gasteiger partial charge in [-0.15, -0.1) is 11.8 Å². The first-order valence-corrected chi connectivity index (χ1v) is 11.7. The zero-order chi connectivity index (χ0) is 20.9. The molecule has 2 saturated heterocycles. The molecular formula is C24H28FNO3S. The molecule has 0 aromatic heterocycles. The van der Waals surface area contributed by atoms with Crippen molar-refractivity contribution in [3.63, 3.8) is 0 Å². The Morgan fingerprint density at radius 1 is 1.13 bits per heavy atom. The van der Waals surface area contributed by atoms with Gasteiger partial charge in [0.25, 0.3) is 5.91 Å². The number of ether oxygens (including phenoxy) is 1. The number of hydrogen-bond acceptors (Lipinski definition) is 4. The molecule has 2 aliphatic heterocycles. The van der Waals surface area contributed by atoms with Crippen LogP contribution in [0.4, 0.5) is 4.39 Å². The Balaban J connectivity index is 1.35. The van der Waals surface area contributed by atoms with Crippen molar-refractivity contribution < 1.29 is 19.0 Å². The van der Waals surface area contributed by atoms with Gasteiger partial charge in [-0.1, -0.05) is 24.3 Å². The number of rotatable bonds is 6. The molecular weight excluding hydrogens is 401 g/mol. The summed E-state index contributed by atoms with van der Waals surface area (Å²) in [6.45, 7) is 2.07. The summed E-state index contributed by atoms with van der Waals surface area (Å²) < 4.78 is 18.8. The fourth-order valence-electron chi connectivity index (χ4n) is 4.25. The van der Waals surface area contributed by atoms with Crippen LogP contribution in [-0.4, -0.2) is 47.5 Å². The van der Waals surface area contributed by atoms with E-state index in [1.54, 1.807) is 23.9 Å². The van der Waals surface area contributed by atoms with Crippen LogP contribution in [0, 0.1) is 11.7 Å². The summed E-state index contributed by atoms with van der Waals surface area (Å²) in [5.41, 5.74) is 1.48. The third-order valence-corrected chi connectivity index (χ3v) is 7.26. The lowest BCUT2D eigenvalue weighted by atomic mass is 9.87. The van der Waals surface area contributed by atoms with Gasteiger partial charge in [-0.25, -0.2) is 4.39 Å². The monoisotopic (exact) mass is 429 g/mol. The number of halogens is 1. The molecule has 2 heterocycles. The highest BCUT2D eigenvalue weighted by Crippen LogP contribution is 2.33. The highest BCUT2D eigenvalue weighted by atomic mass is 32.2. The van der Waals surface area contributed by atoms with Gasteiger partial charge in [0.05, 0.1) is 17.8 Å². The average Bonchev–Trinajstić information content (AvgIpc) is 3.31. The minimum Gasteiger partial charge on any atom is -0.388 e. The first kappa shape index (κ1) is 21.3. The highest BCUT2D eigenvalue weighted by molar-refractivity contribution is 7.99. The molecule has 2 fully saturated rings. The van der Waals surface area contributed by atoms with E-state index >= 15 is 0 Å². The van der Waals surface area contributed by atoms with Gasteiger partial charge in [-0.2, -0.15) is 0 Å². The average molecular weight is 430 g/mol. The van der Waals surface area contributed by atoms with E-state index in [0.717, 1.165) is 54.1 Å². The van der Waals surface area contributed by atoms with Crippen LogP contribution < -0.4 is 0 Å². The zero-order valence-corrected chi connectivity index (χ0v) is 17.8. The third-order valence-electron chi connectivity index (χ3n) is 6.05. The molecule has 0 aliphatic carbocycles. The summed E-state index contributed by atoms with van der Waals surface area (Å²) in [5.74, 6) is 0.696. The molecule has 2 aromatic rings. The van der Waals surface area contributed by atoms with Crippen LogP contribution in [0.3, 0.4) is 0 Å². The maximum Gasteiger partial charge on any atom is 0.254 e. The molecule has 1 amide bonds. The first-order chi connectivity index (χ1) is 14.6. The molecule has 2 aromatic carbocycles. The largest absolute Gasteiger partial charge is 0.388 e. The predicted octanol–water partition coefficient (Wildman–Crippen LogP) is 4.68. The number of aliphatic hydroxyl groups is 1. The van der Waals surface area contributed by atoms with E-state index in [-0.39, 0.29) is 23.7 Å². The van der Waals surface area contributed by atoms with Crippen molar-refractivity contribution in [1.82, 2.24) is 4.90 Å². The van der Waals surface area contributed by atoms with Gasteiger partial charge >= 0.3 is 0 Å². The van der Waals surface area contributed by atoms with Crippen molar-refractivity contribution in [2.24, 2.45) is 5.92 Å². The highest BCUT2D eigenvalue weighted by Gasteiger charge is 2.29. The second kappa shape index (κ2) is 9.94. The summed E-state index contributed by atoms with van der Waals surface area (Å²) in [6.07, 6.45) is 3.32. The van der Waals surface area contributed by atoms with Crippen LogP contribution in [0.2, 0.25) is 0 Å². The van der Waals surface area contributed by atoms with E-state index in [1.165, 1.54) is 12.1 Å². The summed E-state index contributed by atoms with van der Waals surface area (Å²) in [6, 6.07) is 13.8. The summed E-state index contributed by atoms with van der Waals surface area (Å²) in [7, 11) is 0. The lowest BCUT2D eigenvalue weighted by Crippen LogP contribution is -2.40. The van der Waals surface area contributed by atoms with Gasteiger partial charge < -0.3 is 14.7 Å². The topological polar surface area (TPSA) is 49.8 Å². The van der Waals surface area contributed by atoms with Crippen molar-refractivity contribution in [2.75, 3.05) is 25.4 Å². The first-order valence-electron chi connectivity index (χ1n) is 10.7. The van der Waals surface area contributed by atoms with Crippen LogP contribution in [0.15, 0.2) is 53.4 Å². The number of aliphatic hydroxyl groups excluding tert-OH is 1. The molecule has 0 spiro atoms. The number of carbonyl (C=O) groups excluding carboxylic acids is 1. The Labute approximate surface area is 181 Å².